The molecule has 0 aliphatic rings. The van der Waals surface area contributed by atoms with Crippen LogP contribution in [-0.4, -0.2) is 23.4 Å². The van der Waals surface area contributed by atoms with Crippen molar-refractivity contribution in [3.63, 3.8) is 0 Å². The molecule has 0 aliphatic heterocycles. The standard InChI is InChI=1S/Hf.H3O4Si/c;1-5(2,3)4/h;1-3H/q+1;-1. The second-order valence-electron chi connectivity index (χ2n) is 0.676. The summed E-state index contributed by atoms with van der Waals surface area (Å²) in [6.45, 7) is 0. The van der Waals surface area contributed by atoms with Crippen molar-refractivity contribution in [3.05, 3.63) is 0 Å². The fourth-order valence-electron chi connectivity index (χ4n) is 0. The van der Waals surface area contributed by atoms with E-state index < -0.39 is 9.05 Å². The predicted octanol–water partition coefficient (Wildman–Crippen LogP) is -2.12. The molecule has 0 saturated carbocycles. The monoisotopic (exact) mass is 275 g/mol. The number of hydrogen-bond acceptors (Lipinski definition) is 4. The molecule has 3 N–H and O–H groups in total. The van der Waals surface area contributed by atoms with Gasteiger partial charge in [0.1, 0.15) is 0 Å². The first-order valence-electron chi connectivity index (χ1n) is 1.08. The van der Waals surface area contributed by atoms with E-state index in [1.807, 2.05) is 0 Å². The van der Waals surface area contributed by atoms with E-state index in [0.717, 1.165) is 0 Å². The molecule has 0 atom stereocenters. The van der Waals surface area contributed by atoms with Crippen LogP contribution in [0.4, 0.5) is 0 Å². The Kier molecular flexibility index (Phi) is 2.64. The molecule has 0 radical (unpaired) electrons. The SMILES string of the molecule is O[Si](O)(O)[O][Hf]. The molecule has 0 aliphatic carbocycles. The summed E-state index contributed by atoms with van der Waals surface area (Å²) in [6.07, 6.45) is 0. The van der Waals surface area contributed by atoms with Crippen LogP contribution < -0.4 is 0 Å². The van der Waals surface area contributed by atoms with Crippen LogP contribution in [0.2, 0.25) is 0 Å². The Bertz CT molecular complexity index is 37.3. The van der Waals surface area contributed by atoms with Crippen LogP contribution in [0.5, 0.6) is 0 Å². The minimum absolute atomic E-state index is 0.160. The van der Waals surface area contributed by atoms with E-state index in [-0.39, 0.29) is 24.8 Å². The average molecular weight is 274 g/mol. The van der Waals surface area contributed by atoms with Crippen LogP contribution in [0.15, 0.2) is 0 Å². The molecule has 0 unspecified atom stereocenters. The molecule has 0 aromatic heterocycles. The zero-order valence-corrected chi connectivity index (χ0v) is 7.34. The summed E-state index contributed by atoms with van der Waals surface area (Å²) < 4.78 is 3.88. The molecule has 0 fully saturated rings. The van der Waals surface area contributed by atoms with E-state index >= 15 is 0 Å². The summed E-state index contributed by atoms with van der Waals surface area (Å²) in [4.78, 5) is 23.7. The first-order valence-corrected chi connectivity index (χ1v) is 4.30. The fourth-order valence-corrected chi connectivity index (χ4v) is 0. The molecule has 35 valence electrons. The number of hydrogen-bond donors (Lipinski definition) is 3. The molecule has 4 nitrogen and oxygen atoms in total. The van der Waals surface area contributed by atoms with E-state index in [1.165, 1.54) is 0 Å². The molecule has 6 heteroatoms. The van der Waals surface area contributed by atoms with Gasteiger partial charge in [-0.2, -0.15) is 0 Å². The van der Waals surface area contributed by atoms with Crippen LogP contribution >= 0.6 is 0 Å². The van der Waals surface area contributed by atoms with Gasteiger partial charge in [-0.1, -0.05) is 0 Å². The van der Waals surface area contributed by atoms with E-state index in [1.54, 1.807) is 0 Å². The Balaban J connectivity index is 3.17. The molecule has 0 aromatic carbocycles. The van der Waals surface area contributed by atoms with Gasteiger partial charge < -0.3 is 0 Å². The Morgan fingerprint density at radius 3 is 1.50 bits per heavy atom. The third kappa shape index (κ3) is 4.93. The summed E-state index contributed by atoms with van der Waals surface area (Å²) in [6, 6.07) is 0. The second-order valence-corrected chi connectivity index (χ2v) is 4.23. The van der Waals surface area contributed by atoms with Crippen LogP contribution in [-0.2, 0) is 27.4 Å². The zero-order chi connectivity index (χ0) is 5.21. The van der Waals surface area contributed by atoms with Crippen molar-refractivity contribution >= 4 is 9.05 Å². The first kappa shape index (κ1) is 6.93. The Labute approximate surface area is 51.0 Å². The Hall–Kier alpha value is 0.927. The van der Waals surface area contributed by atoms with Crippen molar-refractivity contribution < 1.29 is 41.7 Å². The predicted molar refractivity (Wildman–Crippen MR) is 13.5 cm³/mol. The molecule has 0 spiro atoms. The molecule has 0 bridgehead atoms. The van der Waals surface area contributed by atoms with Crippen molar-refractivity contribution in [1.29, 1.82) is 0 Å². The normalized spacial score (nSPS) is 11.7. The summed E-state index contributed by atoms with van der Waals surface area (Å²) >= 11 is 0.160. The van der Waals surface area contributed by atoms with Gasteiger partial charge in [0.05, 0.1) is 0 Å². The molecule has 0 amide bonds. The van der Waals surface area contributed by atoms with Crippen molar-refractivity contribution in [1.82, 2.24) is 0 Å². The minimum atomic E-state index is -4.07. The summed E-state index contributed by atoms with van der Waals surface area (Å²) in [5.41, 5.74) is 0. The van der Waals surface area contributed by atoms with E-state index in [2.05, 4.69) is 2.54 Å². The van der Waals surface area contributed by atoms with Gasteiger partial charge in [0, 0.05) is 0 Å². The van der Waals surface area contributed by atoms with E-state index in [0.29, 0.717) is 0 Å². The Morgan fingerprint density at radius 2 is 1.50 bits per heavy atom. The van der Waals surface area contributed by atoms with Gasteiger partial charge in [-0.3, -0.25) is 0 Å². The summed E-state index contributed by atoms with van der Waals surface area (Å²) in [5, 5.41) is 0. The van der Waals surface area contributed by atoms with Crippen LogP contribution in [0.25, 0.3) is 0 Å². The van der Waals surface area contributed by atoms with Crippen molar-refractivity contribution in [3.8, 4) is 0 Å². The maximum absolute atomic E-state index is 7.89. The van der Waals surface area contributed by atoms with E-state index in [4.69, 9.17) is 14.4 Å². The van der Waals surface area contributed by atoms with E-state index in [9.17, 15) is 0 Å². The first-order chi connectivity index (χ1) is 2.56. The third-order valence-electron chi connectivity index (χ3n) is 0.137. The quantitative estimate of drug-likeness (QED) is 0.478. The van der Waals surface area contributed by atoms with Crippen molar-refractivity contribution in [2.24, 2.45) is 0 Å². The van der Waals surface area contributed by atoms with Gasteiger partial charge in [0.2, 0.25) is 0 Å². The molecule has 0 rings (SSSR count). The van der Waals surface area contributed by atoms with Crippen LogP contribution in [0.1, 0.15) is 0 Å². The zero-order valence-electron chi connectivity index (χ0n) is 2.75. The molecular weight excluding hydrogens is 271 g/mol. The summed E-state index contributed by atoms with van der Waals surface area (Å²) in [7, 11) is -4.07. The van der Waals surface area contributed by atoms with Crippen molar-refractivity contribution in [2.75, 3.05) is 0 Å². The fraction of sp³-hybridized carbons (Fsp3) is 0. The molecule has 0 aromatic rings. The van der Waals surface area contributed by atoms with Gasteiger partial charge in [0.15, 0.2) is 0 Å². The topological polar surface area (TPSA) is 69.9 Å². The van der Waals surface area contributed by atoms with Crippen molar-refractivity contribution in [2.45, 2.75) is 0 Å². The Morgan fingerprint density at radius 1 is 1.33 bits per heavy atom. The average Bonchev–Trinajstić information content (AvgIpc) is 1.35. The molecular formula is H3HfO4Si. The van der Waals surface area contributed by atoms with Gasteiger partial charge in [-0.05, 0) is 0 Å². The van der Waals surface area contributed by atoms with Crippen LogP contribution in [0.3, 0.4) is 0 Å². The van der Waals surface area contributed by atoms with Gasteiger partial charge >= 0.3 is 50.8 Å². The van der Waals surface area contributed by atoms with Crippen LogP contribution in [0, 0.1) is 0 Å². The molecule has 0 saturated heterocycles. The summed E-state index contributed by atoms with van der Waals surface area (Å²) in [5.74, 6) is 0. The van der Waals surface area contributed by atoms with Gasteiger partial charge in [0.25, 0.3) is 0 Å². The maximum atomic E-state index is 7.89. The third-order valence-corrected chi connectivity index (χ3v) is 3.36. The van der Waals surface area contributed by atoms with Gasteiger partial charge in [-0.15, -0.1) is 0 Å². The molecule has 6 heavy (non-hydrogen) atoms. The van der Waals surface area contributed by atoms with Gasteiger partial charge in [-0.25, -0.2) is 0 Å². The molecule has 0 heterocycles. The second kappa shape index (κ2) is 2.29. The number of rotatable bonds is 1.